The van der Waals surface area contributed by atoms with Gasteiger partial charge in [-0.1, -0.05) is 13.0 Å². The maximum absolute atomic E-state index is 13.2. The van der Waals surface area contributed by atoms with Crippen LogP contribution in [0.1, 0.15) is 46.7 Å². The highest BCUT2D eigenvalue weighted by atomic mass is 16.2. The molecule has 2 aromatic heterocycles. The van der Waals surface area contributed by atoms with Gasteiger partial charge in [-0.25, -0.2) is 4.58 Å². The molecule has 1 aliphatic carbocycles. The highest BCUT2D eigenvalue weighted by Crippen LogP contribution is 2.31. The Balaban J connectivity index is 1.91. The lowest BCUT2D eigenvalue weighted by atomic mass is 9.83. The molecule has 0 saturated carbocycles. The van der Waals surface area contributed by atoms with Crippen LogP contribution in [0.15, 0.2) is 46.9 Å². The van der Waals surface area contributed by atoms with Gasteiger partial charge < -0.3 is 10.3 Å². The molecular weight excluding hydrogens is 404 g/mol. The molecule has 0 saturated heterocycles. The quantitative estimate of drug-likeness (QED) is 0.399. The van der Waals surface area contributed by atoms with Crippen LogP contribution in [0.4, 0.5) is 0 Å². The Morgan fingerprint density at radius 2 is 2.09 bits per heavy atom. The Morgan fingerprint density at radius 1 is 1.34 bits per heavy atom. The molecule has 0 aromatic carbocycles. The molecule has 2 unspecified atom stereocenters. The van der Waals surface area contributed by atoms with Gasteiger partial charge in [0.05, 0.1) is 5.92 Å². The average molecular weight is 434 g/mol. The molecule has 2 heterocycles. The van der Waals surface area contributed by atoms with Crippen molar-refractivity contribution in [2.24, 2.45) is 5.92 Å². The fraction of sp³-hybridized carbons (Fsp3) is 0.320. The van der Waals surface area contributed by atoms with Gasteiger partial charge in [0.25, 0.3) is 5.56 Å². The minimum Gasteiger partial charge on any atom is -0.348 e. The van der Waals surface area contributed by atoms with Crippen molar-refractivity contribution < 1.29 is 14.2 Å². The van der Waals surface area contributed by atoms with E-state index < -0.39 is 0 Å². The molecule has 2 atom stereocenters. The van der Waals surface area contributed by atoms with E-state index in [2.05, 4.69) is 28.1 Å². The van der Waals surface area contributed by atoms with E-state index in [4.69, 9.17) is 0 Å². The topological polar surface area (TPSA) is 94.9 Å². The summed E-state index contributed by atoms with van der Waals surface area (Å²) in [5.41, 5.74) is 4.59. The number of pyridine rings is 2. The van der Waals surface area contributed by atoms with Crippen LogP contribution < -0.4 is 10.9 Å². The van der Waals surface area contributed by atoms with E-state index in [1.54, 1.807) is 12.3 Å². The van der Waals surface area contributed by atoms with Gasteiger partial charge in [0.1, 0.15) is 19.0 Å². The Labute approximate surface area is 187 Å². The summed E-state index contributed by atoms with van der Waals surface area (Å²) in [4.78, 5) is 43.4. The minimum atomic E-state index is -0.227. The lowest BCUT2D eigenvalue weighted by Crippen LogP contribution is -2.38. The van der Waals surface area contributed by atoms with Gasteiger partial charge in [-0.2, -0.15) is 0 Å². The van der Waals surface area contributed by atoms with Crippen molar-refractivity contribution in [3.63, 3.8) is 0 Å². The molecule has 0 aliphatic heterocycles. The first-order valence-corrected chi connectivity index (χ1v) is 10.6. The summed E-state index contributed by atoms with van der Waals surface area (Å²) in [7, 11) is 0. The SMILES string of the molecule is C=[N+](CC)C1C=C(c2ccc(C=O)nc2)C=C(C(=O)NCc2c(C)cc(C)[nH]c2=O)C1C. The summed E-state index contributed by atoms with van der Waals surface area (Å²) in [6, 6.07) is 5.27. The average Bonchev–Trinajstić information content (AvgIpc) is 2.78. The molecule has 1 amide bonds. The molecule has 3 rings (SSSR count). The monoisotopic (exact) mass is 433 g/mol. The molecule has 1 aliphatic rings. The van der Waals surface area contributed by atoms with Crippen LogP contribution in [-0.4, -0.2) is 46.0 Å². The van der Waals surface area contributed by atoms with Crippen molar-refractivity contribution >= 4 is 24.5 Å². The third kappa shape index (κ3) is 4.82. The largest absolute Gasteiger partial charge is 0.348 e. The second-order valence-electron chi connectivity index (χ2n) is 8.12. The van der Waals surface area contributed by atoms with E-state index in [0.29, 0.717) is 29.7 Å². The van der Waals surface area contributed by atoms with Crippen LogP contribution in [0, 0.1) is 19.8 Å². The number of nitrogens with one attached hydrogen (secondary N) is 2. The summed E-state index contributed by atoms with van der Waals surface area (Å²) >= 11 is 0. The van der Waals surface area contributed by atoms with Crippen LogP contribution in [-0.2, 0) is 11.3 Å². The smallest absolute Gasteiger partial charge is 0.253 e. The number of H-pyrrole nitrogens is 1. The Hall–Kier alpha value is -3.61. The van der Waals surface area contributed by atoms with E-state index in [9.17, 15) is 14.4 Å². The highest BCUT2D eigenvalue weighted by molar-refractivity contribution is 5.98. The number of hydrogen-bond donors (Lipinski definition) is 2. The summed E-state index contributed by atoms with van der Waals surface area (Å²) < 4.78 is 1.94. The lowest BCUT2D eigenvalue weighted by Gasteiger charge is -2.26. The molecule has 0 radical (unpaired) electrons. The van der Waals surface area contributed by atoms with Gasteiger partial charge in [-0.15, -0.1) is 0 Å². The van der Waals surface area contributed by atoms with Crippen LogP contribution in [0.5, 0.6) is 0 Å². The lowest BCUT2D eigenvalue weighted by molar-refractivity contribution is -0.549. The predicted molar refractivity (Wildman–Crippen MR) is 125 cm³/mol. The number of hydrogen-bond acceptors (Lipinski definition) is 4. The zero-order valence-corrected chi connectivity index (χ0v) is 18.9. The Morgan fingerprint density at radius 3 is 2.69 bits per heavy atom. The summed E-state index contributed by atoms with van der Waals surface area (Å²) in [6.07, 6.45) is 6.25. The van der Waals surface area contributed by atoms with E-state index in [-0.39, 0.29) is 30.0 Å². The first-order valence-electron chi connectivity index (χ1n) is 10.6. The number of carbonyl (C=O) groups excluding carboxylic acids is 2. The zero-order valence-electron chi connectivity index (χ0n) is 18.9. The van der Waals surface area contributed by atoms with Crippen LogP contribution in [0.25, 0.3) is 5.57 Å². The molecule has 7 nitrogen and oxygen atoms in total. The number of amides is 1. The number of aryl methyl sites for hydroxylation is 2. The molecular formula is C25H29N4O3+. The standard InChI is InChI=1S/C25H28N4O3/c1-6-29(5)23-11-19(18-7-8-20(14-30)26-12-18)10-21(17(23)4)24(31)27-13-22-15(2)9-16(3)28-25(22)32/h7-12,14,17,23H,5-6,13H2,1-4H3,(H-,27,28,31,32)/p+1. The van der Waals surface area contributed by atoms with E-state index >= 15 is 0 Å². The van der Waals surface area contributed by atoms with Crippen molar-refractivity contribution in [3.05, 3.63) is 80.6 Å². The van der Waals surface area contributed by atoms with Gasteiger partial charge in [-0.3, -0.25) is 19.4 Å². The number of likely N-dealkylation sites (N-methyl/N-ethyl adjacent to an activating group) is 1. The number of aromatic nitrogens is 2. The number of rotatable bonds is 7. The van der Waals surface area contributed by atoms with Crippen LogP contribution >= 0.6 is 0 Å². The predicted octanol–water partition coefficient (Wildman–Crippen LogP) is 2.58. The number of nitrogens with zero attached hydrogens (tertiary/aromatic N) is 2. The second kappa shape index (κ2) is 9.68. The first-order chi connectivity index (χ1) is 15.2. The van der Waals surface area contributed by atoms with E-state index in [1.165, 1.54) is 0 Å². The fourth-order valence-corrected chi connectivity index (χ4v) is 3.96. The minimum absolute atomic E-state index is 0.0870. The van der Waals surface area contributed by atoms with E-state index in [1.807, 2.05) is 50.5 Å². The molecule has 32 heavy (non-hydrogen) atoms. The normalized spacial score (nSPS) is 17.9. The Kier molecular flexibility index (Phi) is 6.98. The zero-order chi connectivity index (χ0) is 23.4. The number of aldehydes is 1. The molecule has 166 valence electrons. The van der Waals surface area contributed by atoms with Crippen molar-refractivity contribution in [1.82, 2.24) is 15.3 Å². The van der Waals surface area contributed by atoms with Gasteiger partial charge in [-0.05, 0) is 61.8 Å². The molecule has 0 bridgehead atoms. The maximum atomic E-state index is 13.2. The van der Waals surface area contributed by atoms with E-state index in [0.717, 1.165) is 22.4 Å². The molecule has 2 aromatic rings. The molecule has 0 spiro atoms. The number of carbonyl (C=O) groups is 2. The number of aromatic amines is 1. The van der Waals surface area contributed by atoms with Gasteiger partial charge in [0.15, 0.2) is 12.3 Å². The summed E-state index contributed by atoms with van der Waals surface area (Å²) in [6.45, 7) is 12.7. The van der Waals surface area contributed by atoms with Crippen molar-refractivity contribution in [1.29, 1.82) is 0 Å². The second-order valence-corrected chi connectivity index (χ2v) is 8.12. The summed E-state index contributed by atoms with van der Waals surface area (Å²) in [5, 5.41) is 2.91. The van der Waals surface area contributed by atoms with Crippen molar-refractivity contribution in [3.8, 4) is 0 Å². The third-order valence-corrected chi connectivity index (χ3v) is 5.91. The fourth-order valence-electron chi connectivity index (χ4n) is 3.96. The van der Waals surface area contributed by atoms with Crippen LogP contribution in [0.2, 0.25) is 0 Å². The summed E-state index contributed by atoms with van der Waals surface area (Å²) in [5.74, 6) is -0.328. The molecule has 2 N–H and O–H groups in total. The van der Waals surface area contributed by atoms with Gasteiger partial charge in [0, 0.05) is 29.6 Å². The third-order valence-electron chi connectivity index (χ3n) is 5.91. The maximum Gasteiger partial charge on any atom is 0.253 e. The molecule has 7 heteroatoms. The van der Waals surface area contributed by atoms with Gasteiger partial charge >= 0.3 is 0 Å². The Bertz CT molecular complexity index is 1170. The van der Waals surface area contributed by atoms with Crippen LogP contribution in [0.3, 0.4) is 0 Å². The van der Waals surface area contributed by atoms with Crippen molar-refractivity contribution in [2.45, 2.75) is 40.3 Å². The first kappa shape index (κ1) is 23.1. The number of allylic oxidation sites excluding steroid dienone is 2. The van der Waals surface area contributed by atoms with Gasteiger partial charge in [0.2, 0.25) is 5.91 Å². The van der Waals surface area contributed by atoms with Crippen molar-refractivity contribution in [2.75, 3.05) is 6.54 Å². The highest BCUT2D eigenvalue weighted by Gasteiger charge is 2.34. The molecule has 0 fully saturated rings.